The van der Waals surface area contributed by atoms with Gasteiger partial charge in [0, 0.05) is 23.3 Å². The van der Waals surface area contributed by atoms with Crippen LogP contribution in [-0.4, -0.2) is 28.3 Å². The van der Waals surface area contributed by atoms with E-state index in [0.717, 1.165) is 6.29 Å². The van der Waals surface area contributed by atoms with E-state index in [-0.39, 0.29) is 6.01 Å². The van der Waals surface area contributed by atoms with E-state index in [0.29, 0.717) is 16.6 Å². The molecule has 0 amide bonds. The molecule has 0 aromatic carbocycles. The molecule has 0 aliphatic heterocycles. The van der Waals surface area contributed by atoms with E-state index >= 15 is 0 Å². The second kappa shape index (κ2) is 2.85. The quantitative estimate of drug-likeness (QED) is 0.688. The van der Waals surface area contributed by atoms with Gasteiger partial charge in [-0.3, -0.25) is 4.79 Å². The van der Waals surface area contributed by atoms with Crippen molar-refractivity contribution >= 4 is 17.3 Å². The molecule has 2 aromatic rings. The zero-order valence-electron chi connectivity index (χ0n) is 6.94. The number of hydrogen-bond donors (Lipinski definition) is 1. The minimum atomic E-state index is 0.284. The molecule has 0 atom stereocenters. The highest BCUT2D eigenvalue weighted by Gasteiger charge is 2.05. The van der Waals surface area contributed by atoms with Crippen molar-refractivity contribution in [3.63, 3.8) is 0 Å². The van der Waals surface area contributed by atoms with Crippen LogP contribution in [0, 0.1) is 0 Å². The van der Waals surface area contributed by atoms with Crippen molar-refractivity contribution in [2.45, 2.75) is 0 Å². The number of aromatic nitrogens is 3. The zero-order chi connectivity index (χ0) is 9.26. The van der Waals surface area contributed by atoms with E-state index in [9.17, 15) is 4.79 Å². The average molecular weight is 177 g/mol. The highest BCUT2D eigenvalue weighted by atomic mass is 16.5. The Morgan fingerprint density at radius 1 is 1.62 bits per heavy atom. The molecule has 0 fully saturated rings. The Balaban J connectivity index is 2.67. The Hall–Kier alpha value is -1.91. The number of nitrogens with zero attached hydrogens (tertiary/aromatic N) is 2. The lowest BCUT2D eigenvalue weighted by atomic mass is 10.3. The predicted molar refractivity (Wildman–Crippen MR) is 45.8 cm³/mol. The largest absolute Gasteiger partial charge is 0.467 e. The molecule has 1 N–H and O–H groups in total. The maximum Gasteiger partial charge on any atom is 0.318 e. The number of aldehydes is 1. The van der Waals surface area contributed by atoms with Crippen LogP contribution in [0.15, 0.2) is 12.4 Å². The number of methoxy groups -OCH3 is 1. The summed E-state index contributed by atoms with van der Waals surface area (Å²) in [7, 11) is 1.49. The third-order valence-electron chi connectivity index (χ3n) is 1.75. The molecule has 66 valence electrons. The molecule has 2 aromatic heterocycles. The number of H-pyrrole nitrogens is 1. The molecular formula is C8H7N3O2. The van der Waals surface area contributed by atoms with Gasteiger partial charge in [0.2, 0.25) is 0 Å². The second-order valence-electron chi connectivity index (χ2n) is 2.48. The summed E-state index contributed by atoms with van der Waals surface area (Å²) in [5.41, 5.74) is 1.16. The summed E-state index contributed by atoms with van der Waals surface area (Å²) >= 11 is 0. The van der Waals surface area contributed by atoms with Crippen LogP contribution in [0.25, 0.3) is 11.0 Å². The van der Waals surface area contributed by atoms with Gasteiger partial charge in [-0.05, 0) is 0 Å². The SMILES string of the molecule is COc1ncc2c(C=O)c[nH]c2n1. The molecule has 5 nitrogen and oxygen atoms in total. The summed E-state index contributed by atoms with van der Waals surface area (Å²) in [6.07, 6.45) is 3.90. The van der Waals surface area contributed by atoms with Crippen LogP contribution in [0.1, 0.15) is 10.4 Å². The van der Waals surface area contributed by atoms with Crippen molar-refractivity contribution in [1.82, 2.24) is 15.0 Å². The number of ether oxygens (including phenoxy) is 1. The molecule has 2 heterocycles. The Kier molecular flexibility index (Phi) is 1.70. The molecule has 0 radical (unpaired) electrons. The number of carbonyl (C=O) groups is 1. The fourth-order valence-electron chi connectivity index (χ4n) is 1.11. The smallest absolute Gasteiger partial charge is 0.318 e. The Labute approximate surface area is 73.8 Å². The standard InChI is InChI=1S/C8H7N3O2/c1-13-8-10-3-6-5(4-12)2-9-7(6)11-8/h2-4H,1H3,(H,9,10,11). The molecule has 2 rings (SSSR count). The summed E-state index contributed by atoms with van der Waals surface area (Å²) in [5.74, 6) is 0. The maximum atomic E-state index is 10.5. The first-order valence-corrected chi connectivity index (χ1v) is 3.68. The maximum absolute atomic E-state index is 10.5. The molecular weight excluding hydrogens is 170 g/mol. The Morgan fingerprint density at radius 2 is 2.46 bits per heavy atom. The lowest BCUT2D eigenvalue weighted by Gasteiger charge is -1.95. The number of carbonyl (C=O) groups excluding carboxylic acids is 1. The zero-order valence-corrected chi connectivity index (χ0v) is 6.94. The van der Waals surface area contributed by atoms with Gasteiger partial charge in [0.25, 0.3) is 0 Å². The molecule has 0 saturated carbocycles. The van der Waals surface area contributed by atoms with Gasteiger partial charge >= 0.3 is 6.01 Å². The van der Waals surface area contributed by atoms with Gasteiger partial charge in [-0.1, -0.05) is 0 Å². The number of nitrogens with one attached hydrogen (secondary N) is 1. The number of fused-ring (bicyclic) bond motifs is 1. The molecule has 0 aliphatic rings. The predicted octanol–water partition coefficient (Wildman–Crippen LogP) is 0.779. The van der Waals surface area contributed by atoms with Gasteiger partial charge in [-0.25, -0.2) is 4.98 Å². The lowest BCUT2D eigenvalue weighted by molar-refractivity contribution is 0.112. The van der Waals surface area contributed by atoms with Gasteiger partial charge in [0.15, 0.2) is 6.29 Å². The highest BCUT2D eigenvalue weighted by Crippen LogP contribution is 2.15. The van der Waals surface area contributed by atoms with Crippen molar-refractivity contribution in [3.8, 4) is 6.01 Å². The number of rotatable bonds is 2. The van der Waals surface area contributed by atoms with Crippen molar-refractivity contribution in [1.29, 1.82) is 0 Å². The lowest BCUT2D eigenvalue weighted by Crippen LogP contribution is -1.91. The average Bonchev–Trinajstić information content (AvgIpc) is 2.59. The summed E-state index contributed by atoms with van der Waals surface area (Å²) in [5, 5.41) is 0.704. The molecule has 0 saturated heterocycles. The topological polar surface area (TPSA) is 67.9 Å². The van der Waals surface area contributed by atoms with Gasteiger partial charge in [-0.15, -0.1) is 0 Å². The first kappa shape index (κ1) is 7.72. The van der Waals surface area contributed by atoms with Gasteiger partial charge in [-0.2, -0.15) is 4.98 Å². The normalized spacial score (nSPS) is 10.2. The van der Waals surface area contributed by atoms with E-state index in [4.69, 9.17) is 4.74 Å². The third-order valence-corrected chi connectivity index (χ3v) is 1.75. The highest BCUT2D eigenvalue weighted by molar-refractivity contribution is 5.95. The van der Waals surface area contributed by atoms with Crippen molar-refractivity contribution in [2.75, 3.05) is 7.11 Å². The fourth-order valence-corrected chi connectivity index (χ4v) is 1.11. The second-order valence-corrected chi connectivity index (χ2v) is 2.48. The summed E-state index contributed by atoms with van der Waals surface area (Å²) in [4.78, 5) is 21.3. The van der Waals surface area contributed by atoms with Crippen molar-refractivity contribution < 1.29 is 9.53 Å². The molecule has 0 bridgehead atoms. The molecule has 0 spiro atoms. The number of aromatic amines is 1. The van der Waals surface area contributed by atoms with Crippen molar-refractivity contribution in [3.05, 3.63) is 18.0 Å². The van der Waals surface area contributed by atoms with Crippen LogP contribution in [0.3, 0.4) is 0 Å². The monoisotopic (exact) mass is 177 g/mol. The first-order valence-electron chi connectivity index (χ1n) is 3.68. The van der Waals surface area contributed by atoms with Gasteiger partial charge < -0.3 is 9.72 Å². The Bertz CT molecular complexity index is 450. The molecule has 13 heavy (non-hydrogen) atoms. The fraction of sp³-hybridized carbons (Fsp3) is 0.125. The van der Waals surface area contributed by atoms with Crippen LogP contribution in [-0.2, 0) is 0 Å². The Morgan fingerprint density at radius 3 is 3.15 bits per heavy atom. The van der Waals surface area contributed by atoms with Crippen LogP contribution in [0.2, 0.25) is 0 Å². The molecule has 0 unspecified atom stereocenters. The van der Waals surface area contributed by atoms with Crippen LogP contribution < -0.4 is 4.74 Å². The van der Waals surface area contributed by atoms with Crippen LogP contribution in [0.5, 0.6) is 6.01 Å². The van der Waals surface area contributed by atoms with E-state index < -0.39 is 0 Å². The van der Waals surface area contributed by atoms with Crippen LogP contribution >= 0.6 is 0 Å². The third kappa shape index (κ3) is 1.14. The van der Waals surface area contributed by atoms with Crippen LogP contribution in [0.4, 0.5) is 0 Å². The van der Waals surface area contributed by atoms with Gasteiger partial charge in [0.1, 0.15) is 5.65 Å². The van der Waals surface area contributed by atoms with E-state index in [1.807, 2.05) is 0 Å². The summed E-state index contributed by atoms with van der Waals surface area (Å²) in [6.45, 7) is 0. The van der Waals surface area contributed by atoms with E-state index in [1.165, 1.54) is 7.11 Å². The number of hydrogen-bond acceptors (Lipinski definition) is 4. The van der Waals surface area contributed by atoms with E-state index in [2.05, 4.69) is 15.0 Å². The minimum Gasteiger partial charge on any atom is -0.467 e. The first-order chi connectivity index (χ1) is 6.35. The van der Waals surface area contributed by atoms with Crippen molar-refractivity contribution in [2.24, 2.45) is 0 Å². The summed E-state index contributed by atoms with van der Waals surface area (Å²) < 4.78 is 4.83. The summed E-state index contributed by atoms with van der Waals surface area (Å²) in [6, 6.07) is 0.284. The van der Waals surface area contributed by atoms with Gasteiger partial charge in [0.05, 0.1) is 7.11 Å². The molecule has 5 heteroatoms. The minimum absolute atomic E-state index is 0.284. The molecule has 0 aliphatic carbocycles. The van der Waals surface area contributed by atoms with E-state index in [1.54, 1.807) is 12.4 Å².